The van der Waals surface area contributed by atoms with Crippen molar-refractivity contribution in [3.8, 4) is 0 Å². The molecule has 0 aromatic carbocycles. The number of carboxylic acid groups (broad SMARTS) is 1. The molecule has 1 N–H and O–H groups in total. The molecular weight excluding hydrogens is 315 g/mol. The number of carbonyl (C=O) groups is 2. The Morgan fingerprint density at radius 1 is 1.39 bits per heavy atom. The maximum absolute atomic E-state index is 12.4. The summed E-state index contributed by atoms with van der Waals surface area (Å²) >= 11 is 0. The molecule has 1 aromatic rings. The van der Waals surface area contributed by atoms with Gasteiger partial charge in [-0.3, -0.25) is 14.3 Å². The van der Waals surface area contributed by atoms with Crippen LogP contribution in [0.2, 0.25) is 0 Å². The van der Waals surface area contributed by atoms with Crippen LogP contribution >= 0.6 is 0 Å². The molecule has 0 aliphatic carbocycles. The van der Waals surface area contributed by atoms with Gasteiger partial charge in [-0.05, 0) is 12.3 Å². The second kappa shape index (κ2) is 6.59. The van der Waals surface area contributed by atoms with Crippen LogP contribution in [0.15, 0.2) is 12.4 Å². The van der Waals surface area contributed by atoms with E-state index in [0.717, 1.165) is 4.68 Å². The second-order valence-electron chi connectivity index (χ2n) is 5.94. The van der Waals surface area contributed by atoms with E-state index in [9.17, 15) is 22.8 Å². The average Bonchev–Trinajstić information content (AvgIpc) is 2.91. The van der Waals surface area contributed by atoms with E-state index in [-0.39, 0.29) is 24.6 Å². The van der Waals surface area contributed by atoms with Crippen LogP contribution in [0.5, 0.6) is 0 Å². The molecule has 2 rings (SSSR count). The predicted molar refractivity (Wildman–Crippen MR) is 73.7 cm³/mol. The molecule has 128 valence electrons. The summed E-state index contributed by atoms with van der Waals surface area (Å²) in [4.78, 5) is 24.9. The van der Waals surface area contributed by atoms with Crippen molar-refractivity contribution in [2.45, 2.75) is 32.5 Å². The number of rotatable bonds is 4. The minimum atomic E-state index is -4.28. The van der Waals surface area contributed by atoms with Crippen molar-refractivity contribution in [2.75, 3.05) is 13.1 Å². The van der Waals surface area contributed by atoms with Gasteiger partial charge in [-0.25, -0.2) is 0 Å². The summed E-state index contributed by atoms with van der Waals surface area (Å²) in [6.45, 7) is 2.04. The molecule has 0 bridgehead atoms. The summed E-state index contributed by atoms with van der Waals surface area (Å²) in [6, 6.07) is 0. The van der Waals surface area contributed by atoms with Crippen molar-refractivity contribution in [3.63, 3.8) is 0 Å². The number of likely N-dealkylation sites (tertiary alicyclic amines) is 1. The van der Waals surface area contributed by atoms with Gasteiger partial charge < -0.3 is 10.0 Å². The van der Waals surface area contributed by atoms with Crippen LogP contribution in [0.25, 0.3) is 0 Å². The van der Waals surface area contributed by atoms with E-state index in [2.05, 4.69) is 5.10 Å². The third-order valence-corrected chi connectivity index (χ3v) is 3.80. The van der Waals surface area contributed by atoms with Crippen LogP contribution in [0.4, 0.5) is 13.2 Å². The topological polar surface area (TPSA) is 75.4 Å². The van der Waals surface area contributed by atoms with E-state index in [0.29, 0.717) is 13.0 Å². The highest BCUT2D eigenvalue weighted by Crippen LogP contribution is 2.24. The van der Waals surface area contributed by atoms with E-state index in [1.807, 2.05) is 6.92 Å². The molecule has 0 radical (unpaired) electrons. The highest BCUT2D eigenvalue weighted by atomic mass is 19.4. The first-order chi connectivity index (χ1) is 10.7. The fourth-order valence-electron chi connectivity index (χ4n) is 2.72. The van der Waals surface area contributed by atoms with Gasteiger partial charge in [0.15, 0.2) is 0 Å². The lowest BCUT2D eigenvalue weighted by Crippen LogP contribution is -2.45. The molecule has 0 saturated carbocycles. The second-order valence-corrected chi connectivity index (χ2v) is 5.94. The third kappa shape index (κ3) is 4.70. The standard InChI is InChI=1S/C14H18F3N3O3/c1-9-4-10(13(22)23)7-19(6-9)12(21)11-5-18-20(8-11)3-2-14(15,16)17/h5,8-10H,2-4,6-7H2,1H3,(H,22,23). The maximum Gasteiger partial charge on any atom is 0.390 e. The third-order valence-electron chi connectivity index (χ3n) is 3.80. The minimum Gasteiger partial charge on any atom is -0.481 e. The van der Waals surface area contributed by atoms with Crippen LogP contribution in [-0.4, -0.2) is 50.9 Å². The Morgan fingerprint density at radius 3 is 2.70 bits per heavy atom. The molecule has 1 amide bonds. The van der Waals surface area contributed by atoms with Crippen molar-refractivity contribution < 1.29 is 27.9 Å². The van der Waals surface area contributed by atoms with E-state index < -0.39 is 30.4 Å². The van der Waals surface area contributed by atoms with Gasteiger partial charge in [-0.2, -0.15) is 18.3 Å². The first-order valence-electron chi connectivity index (χ1n) is 7.27. The molecule has 1 fully saturated rings. The van der Waals surface area contributed by atoms with Gasteiger partial charge in [0.1, 0.15) is 0 Å². The number of halogens is 3. The van der Waals surface area contributed by atoms with E-state index in [1.54, 1.807) is 0 Å². The molecule has 6 nitrogen and oxygen atoms in total. The molecule has 2 heterocycles. The molecule has 1 aliphatic heterocycles. The highest BCUT2D eigenvalue weighted by molar-refractivity contribution is 5.94. The van der Waals surface area contributed by atoms with Gasteiger partial charge in [0.2, 0.25) is 0 Å². The van der Waals surface area contributed by atoms with Gasteiger partial charge in [0.05, 0.1) is 24.1 Å². The fraction of sp³-hybridized carbons (Fsp3) is 0.643. The number of carboxylic acids is 1. The predicted octanol–water partition coefficient (Wildman–Crippen LogP) is 2.02. The molecule has 2 atom stereocenters. The number of aryl methyl sites for hydroxylation is 1. The Kier molecular flexibility index (Phi) is 4.96. The zero-order valence-electron chi connectivity index (χ0n) is 12.6. The van der Waals surface area contributed by atoms with Gasteiger partial charge >= 0.3 is 12.1 Å². The number of alkyl halides is 3. The Bertz CT molecular complexity index is 585. The molecule has 1 aromatic heterocycles. The number of carbonyl (C=O) groups excluding carboxylic acids is 1. The number of aliphatic carboxylic acids is 1. The molecular formula is C14H18F3N3O3. The SMILES string of the molecule is CC1CC(C(=O)O)CN(C(=O)c2cnn(CCC(F)(F)F)c2)C1. The molecule has 1 aliphatic rings. The summed E-state index contributed by atoms with van der Waals surface area (Å²) in [5.74, 6) is -1.92. The van der Waals surface area contributed by atoms with Gasteiger partial charge in [0.25, 0.3) is 5.91 Å². The van der Waals surface area contributed by atoms with Crippen LogP contribution in [0.1, 0.15) is 30.1 Å². The molecule has 2 unspecified atom stereocenters. The van der Waals surface area contributed by atoms with E-state index in [1.165, 1.54) is 17.3 Å². The highest BCUT2D eigenvalue weighted by Gasteiger charge is 2.33. The molecule has 9 heteroatoms. The summed E-state index contributed by atoms with van der Waals surface area (Å²) in [7, 11) is 0. The zero-order chi connectivity index (χ0) is 17.2. The minimum absolute atomic E-state index is 0.0501. The number of hydrogen-bond acceptors (Lipinski definition) is 3. The Hall–Kier alpha value is -2.06. The first-order valence-corrected chi connectivity index (χ1v) is 7.27. The Morgan fingerprint density at radius 2 is 2.09 bits per heavy atom. The lowest BCUT2D eigenvalue weighted by Gasteiger charge is -2.34. The normalized spacial score (nSPS) is 22.2. The number of aromatic nitrogens is 2. The molecule has 0 spiro atoms. The quantitative estimate of drug-likeness (QED) is 0.915. The zero-order valence-corrected chi connectivity index (χ0v) is 12.6. The van der Waals surface area contributed by atoms with Crippen LogP contribution in [0, 0.1) is 11.8 Å². The number of piperidine rings is 1. The van der Waals surface area contributed by atoms with Gasteiger partial charge in [-0.1, -0.05) is 6.92 Å². The van der Waals surface area contributed by atoms with Crippen molar-refractivity contribution in [2.24, 2.45) is 11.8 Å². The lowest BCUT2D eigenvalue weighted by molar-refractivity contribution is -0.143. The maximum atomic E-state index is 12.4. The summed E-state index contributed by atoms with van der Waals surface area (Å²) in [5, 5.41) is 12.9. The Labute approximate surface area is 130 Å². The summed E-state index contributed by atoms with van der Waals surface area (Å²) < 4.78 is 37.6. The average molecular weight is 333 g/mol. The van der Waals surface area contributed by atoms with E-state index in [4.69, 9.17) is 5.11 Å². The van der Waals surface area contributed by atoms with Gasteiger partial charge in [-0.15, -0.1) is 0 Å². The van der Waals surface area contributed by atoms with Crippen molar-refractivity contribution in [1.29, 1.82) is 0 Å². The van der Waals surface area contributed by atoms with Crippen LogP contribution in [-0.2, 0) is 11.3 Å². The summed E-state index contributed by atoms with van der Waals surface area (Å²) in [6.07, 6.45) is -2.32. The van der Waals surface area contributed by atoms with Crippen molar-refractivity contribution in [3.05, 3.63) is 18.0 Å². The van der Waals surface area contributed by atoms with Crippen LogP contribution < -0.4 is 0 Å². The van der Waals surface area contributed by atoms with Crippen molar-refractivity contribution >= 4 is 11.9 Å². The lowest BCUT2D eigenvalue weighted by atomic mass is 9.90. The van der Waals surface area contributed by atoms with E-state index >= 15 is 0 Å². The largest absolute Gasteiger partial charge is 0.481 e. The summed E-state index contributed by atoms with van der Waals surface area (Å²) in [5.41, 5.74) is 0.172. The monoisotopic (exact) mass is 333 g/mol. The Balaban J connectivity index is 2.02. The smallest absolute Gasteiger partial charge is 0.390 e. The van der Waals surface area contributed by atoms with Crippen LogP contribution in [0.3, 0.4) is 0 Å². The fourth-order valence-corrected chi connectivity index (χ4v) is 2.72. The number of hydrogen-bond donors (Lipinski definition) is 1. The number of amides is 1. The van der Waals surface area contributed by atoms with Crippen molar-refractivity contribution in [1.82, 2.24) is 14.7 Å². The van der Waals surface area contributed by atoms with Gasteiger partial charge in [0, 0.05) is 25.8 Å². The number of nitrogens with zero attached hydrogens (tertiary/aromatic N) is 3. The first kappa shape index (κ1) is 17.3. The molecule has 23 heavy (non-hydrogen) atoms. The molecule has 1 saturated heterocycles.